The fourth-order valence-electron chi connectivity index (χ4n) is 3.09. The van der Waals surface area contributed by atoms with E-state index in [1.54, 1.807) is 0 Å². The molecule has 2 heterocycles. The Kier molecular flexibility index (Phi) is 6.09. The average molecular weight is 359 g/mol. The molecule has 0 aliphatic carbocycles. The number of hydrogen-bond acceptors (Lipinski definition) is 5. The topological polar surface area (TPSA) is 73.9 Å². The number of aromatic nitrogens is 3. The van der Waals surface area contributed by atoms with Crippen LogP contribution in [0.2, 0.25) is 0 Å². The largest absolute Gasteiger partial charge is 0.352 e. The molecule has 3 rings (SSSR count). The monoisotopic (exact) mass is 359 g/mol. The molecule has 1 atom stereocenters. The zero-order valence-electron chi connectivity index (χ0n) is 14.8. The third-order valence-corrected chi connectivity index (χ3v) is 5.17. The molecule has 0 fully saturated rings. The minimum atomic E-state index is 0.0257. The van der Waals surface area contributed by atoms with Crippen molar-refractivity contribution in [2.24, 2.45) is 0 Å². The molecule has 134 valence electrons. The van der Waals surface area contributed by atoms with Gasteiger partial charge in [0.2, 0.25) is 11.1 Å². The molecule has 0 bridgehead atoms. The van der Waals surface area contributed by atoms with Crippen molar-refractivity contribution in [3.63, 3.8) is 0 Å². The highest BCUT2D eigenvalue weighted by atomic mass is 32.2. The van der Waals surface area contributed by atoms with Gasteiger partial charge in [0.25, 0.3) is 0 Å². The molecule has 25 heavy (non-hydrogen) atoms. The number of rotatable bonds is 7. The van der Waals surface area contributed by atoms with E-state index in [-0.39, 0.29) is 11.9 Å². The maximum Gasteiger partial charge on any atom is 0.230 e. The van der Waals surface area contributed by atoms with E-state index in [1.165, 1.54) is 22.9 Å². The Bertz CT molecular complexity index is 717. The Morgan fingerprint density at radius 3 is 2.96 bits per heavy atom. The summed E-state index contributed by atoms with van der Waals surface area (Å²) < 4.78 is 0. The third kappa shape index (κ3) is 5.06. The normalized spacial score (nSPS) is 15.6. The van der Waals surface area contributed by atoms with Gasteiger partial charge < -0.3 is 5.32 Å². The minimum absolute atomic E-state index is 0.0257. The molecule has 6 nitrogen and oxygen atoms in total. The molecule has 1 aliphatic heterocycles. The first-order valence-corrected chi connectivity index (χ1v) is 9.75. The van der Waals surface area contributed by atoms with E-state index in [1.807, 2.05) is 6.92 Å². The zero-order chi connectivity index (χ0) is 17.6. The van der Waals surface area contributed by atoms with Crippen LogP contribution < -0.4 is 5.32 Å². The van der Waals surface area contributed by atoms with Crippen molar-refractivity contribution in [2.45, 2.75) is 44.4 Å². The lowest BCUT2D eigenvalue weighted by atomic mass is 10.00. The van der Waals surface area contributed by atoms with E-state index < -0.39 is 0 Å². The van der Waals surface area contributed by atoms with Crippen molar-refractivity contribution < 1.29 is 4.79 Å². The summed E-state index contributed by atoms with van der Waals surface area (Å²) in [7, 11) is 0. The first kappa shape index (κ1) is 17.9. The van der Waals surface area contributed by atoms with Crippen LogP contribution >= 0.6 is 11.8 Å². The van der Waals surface area contributed by atoms with Crippen molar-refractivity contribution in [2.75, 3.05) is 18.8 Å². The van der Waals surface area contributed by atoms with Crippen LogP contribution in [0, 0.1) is 0 Å². The summed E-state index contributed by atoms with van der Waals surface area (Å²) in [5, 5.41) is 10.7. The molecule has 1 aliphatic rings. The van der Waals surface area contributed by atoms with Gasteiger partial charge in [0.05, 0.1) is 5.75 Å². The third-order valence-electron chi connectivity index (χ3n) is 4.33. The van der Waals surface area contributed by atoms with E-state index >= 15 is 0 Å². The maximum absolute atomic E-state index is 12.1. The summed E-state index contributed by atoms with van der Waals surface area (Å²) in [6.07, 6.45) is 1.90. The number of fused-ring (bicyclic) bond motifs is 1. The summed E-state index contributed by atoms with van der Waals surface area (Å²) in [4.78, 5) is 18.8. The van der Waals surface area contributed by atoms with Gasteiger partial charge in [-0.1, -0.05) is 43.0 Å². The smallest absolute Gasteiger partial charge is 0.230 e. The quantitative estimate of drug-likeness (QED) is 0.740. The number of aromatic amines is 1. The second kappa shape index (κ2) is 8.49. The Labute approximate surface area is 152 Å². The van der Waals surface area contributed by atoms with Crippen molar-refractivity contribution in [3.8, 4) is 0 Å². The number of carbonyl (C=O) groups excluding carboxylic acids is 1. The van der Waals surface area contributed by atoms with Gasteiger partial charge in [-0.15, -0.1) is 5.10 Å². The predicted octanol–water partition coefficient (Wildman–Crippen LogP) is 2.02. The Hall–Kier alpha value is -1.86. The first-order chi connectivity index (χ1) is 12.1. The van der Waals surface area contributed by atoms with Crippen LogP contribution in [0.5, 0.6) is 0 Å². The second-order valence-electron chi connectivity index (χ2n) is 6.43. The number of hydrogen-bond donors (Lipinski definition) is 2. The van der Waals surface area contributed by atoms with Crippen LogP contribution in [-0.4, -0.2) is 50.9 Å². The Balaban J connectivity index is 1.41. The Morgan fingerprint density at radius 1 is 1.40 bits per heavy atom. The summed E-state index contributed by atoms with van der Waals surface area (Å²) in [6, 6.07) is 8.73. The average Bonchev–Trinajstić information content (AvgIpc) is 3.08. The number of benzene rings is 1. The number of thioether (sulfide) groups is 1. The van der Waals surface area contributed by atoms with E-state index in [9.17, 15) is 4.79 Å². The summed E-state index contributed by atoms with van der Waals surface area (Å²) in [5.74, 6) is 1.22. The highest BCUT2D eigenvalue weighted by Crippen LogP contribution is 2.18. The second-order valence-corrected chi connectivity index (χ2v) is 7.37. The number of aryl methyl sites for hydroxylation is 1. The first-order valence-electron chi connectivity index (χ1n) is 8.76. The summed E-state index contributed by atoms with van der Waals surface area (Å²) in [5.41, 5.74) is 2.85. The number of H-pyrrole nitrogens is 1. The summed E-state index contributed by atoms with van der Waals surface area (Å²) in [6.45, 7) is 6.95. The molecule has 1 aromatic carbocycles. The lowest BCUT2D eigenvalue weighted by molar-refractivity contribution is -0.119. The molecule has 1 amide bonds. The van der Waals surface area contributed by atoms with E-state index in [2.05, 4.69) is 56.6 Å². The van der Waals surface area contributed by atoms with Gasteiger partial charge in [-0.3, -0.25) is 14.8 Å². The van der Waals surface area contributed by atoms with E-state index in [0.29, 0.717) is 10.9 Å². The molecule has 0 spiro atoms. The molecule has 2 N–H and O–H groups in total. The fourth-order valence-corrected chi connectivity index (χ4v) is 3.72. The number of carbonyl (C=O) groups is 1. The van der Waals surface area contributed by atoms with Crippen LogP contribution in [0.25, 0.3) is 0 Å². The van der Waals surface area contributed by atoms with Crippen molar-refractivity contribution in [1.82, 2.24) is 25.4 Å². The van der Waals surface area contributed by atoms with Gasteiger partial charge in [0, 0.05) is 32.1 Å². The van der Waals surface area contributed by atoms with Crippen LogP contribution in [0.15, 0.2) is 29.4 Å². The molecule has 7 heteroatoms. The maximum atomic E-state index is 12.1. The molecule has 2 aromatic rings. The van der Waals surface area contributed by atoms with Gasteiger partial charge in [-0.05, 0) is 24.5 Å². The van der Waals surface area contributed by atoms with Crippen molar-refractivity contribution in [1.29, 1.82) is 0 Å². The number of nitrogens with zero attached hydrogens (tertiary/aromatic N) is 3. The molecule has 1 aromatic heterocycles. The molecule has 0 radical (unpaired) electrons. The van der Waals surface area contributed by atoms with Gasteiger partial charge in [-0.25, -0.2) is 4.98 Å². The molecular formula is C18H25N5OS. The van der Waals surface area contributed by atoms with Gasteiger partial charge in [-0.2, -0.15) is 0 Å². The summed E-state index contributed by atoms with van der Waals surface area (Å²) >= 11 is 1.36. The SMILES string of the molecule is CCc1nc(SCC(=O)NC(C)CN2CCc3ccccc3C2)n[nH]1. The van der Waals surface area contributed by atoms with Crippen molar-refractivity contribution >= 4 is 17.7 Å². The standard InChI is InChI=1S/C18H25N5OS/c1-3-16-20-18(22-21-16)25-12-17(24)19-13(2)10-23-9-8-14-6-4-5-7-15(14)11-23/h4-7,13H,3,8-12H2,1-2H3,(H,19,24)(H,20,21,22). The molecule has 1 unspecified atom stereocenters. The molecular weight excluding hydrogens is 334 g/mol. The molecule has 0 saturated carbocycles. The van der Waals surface area contributed by atoms with Gasteiger partial charge >= 0.3 is 0 Å². The highest BCUT2D eigenvalue weighted by molar-refractivity contribution is 7.99. The number of nitrogens with one attached hydrogen (secondary N) is 2. The van der Waals surface area contributed by atoms with E-state index in [4.69, 9.17) is 0 Å². The molecule has 0 saturated heterocycles. The van der Waals surface area contributed by atoms with Crippen LogP contribution in [0.3, 0.4) is 0 Å². The minimum Gasteiger partial charge on any atom is -0.352 e. The Morgan fingerprint density at radius 2 is 2.20 bits per heavy atom. The van der Waals surface area contributed by atoms with Crippen LogP contribution in [0.4, 0.5) is 0 Å². The zero-order valence-corrected chi connectivity index (χ0v) is 15.6. The van der Waals surface area contributed by atoms with Crippen molar-refractivity contribution in [3.05, 3.63) is 41.2 Å². The number of amides is 1. The van der Waals surface area contributed by atoms with Crippen LogP contribution in [-0.2, 0) is 24.2 Å². The fraction of sp³-hybridized carbons (Fsp3) is 0.500. The van der Waals surface area contributed by atoms with Gasteiger partial charge in [0.1, 0.15) is 5.82 Å². The lowest BCUT2D eigenvalue weighted by Gasteiger charge is -2.31. The van der Waals surface area contributed by atoms with Crippen LogP contribution in [0.1, 0.15) is 30.8 Å². The highest BCUT2D eigenvalue weighted by Gasteiger charge is 2.18. The predicted molar refractivity (Wildman–Crippen MR) is 99.5 cm³/mol. The lowest BCUT2D eigenvalue weighted by Crippen LogP contribution is -2.44. The van der Waals surface area contributed by atoms with E-state index in [0.717, 1.165) is 38.3 Å². The van der Waals surface area contributed by atoms with Gasteiger partial charge in [0.15, 0.2) is 0 Å².